The van der Waals surface area contributed by atoms with E-state index in [1.54, 1.807) is 0 Å². The van der Waals surface area contributed by atoms with Crippen LogP contribution in [0.5, 0.6) is 0 Å². The first-order valence-electron chi connectivity index (χ1n) is 10.3. The van der Waals surface area contributed by atoms with E-state index < -0.39 is 29.8 Å². The van der Waals surface area contributed by atoms with Crippen molar-refractivity contribution < 1.29 is 28.6 Å². The summed E-state index contributed by atoms with van der Waals surface area (Å²) in [6.07, 6.45) is -1.25. The van der Waals surface area contributed by atoms with Crippen LogP contribution in [-0.2, 0) is 16.0 Å². The number of primary amides is 1. The molecule has 0 bridgehead atoms. The van der Waals surface area contributed by atoms with Crippen LogP contribution in [0.25, 0.3) is 11.1 Å². The summed E-state index contributed by atoms with van der Waals surface area (Å²) < 4.78 is 19.6. The minimum Gasteiger partial charge on any atom is -0.480 e. The van der Waals surface area contributed by atoms with Gasteiger partial charge in [-0.15, -0.1) is 0 Å². The third kappa shape index (κ3) is 4.55. The summed E-state index contributed by atoms with van der Waals surface area (Å²) in [7, 11) is 0. The van der Waals surface area contributed by atoms with Gasteiger partial charge >= 0.3 is 12.1 Å². The van der Waals surface area contributed by atoms with E-state index in [1.165, 1.54) is 12.1 Å². The molecule has 0 aromatic heterocycles. The lowest BCUT2D eigenvalue weighted by molar-refractivity contribution is -0.139. The maximum absolute atomic E-state index is 14.3. The molecule has 0 heterocycles. The number of alkyl carbamates (subject to hydrolysis) is 1. The Labute approximate surface area is 189 Å². The smallest absolute Gasteiger partial charge is 0.407 e. The molecule has 0 aliphatic heterocycles. The second-order valence-corrected chi connectivity index (χ2v) is 7.74. The van der Waals surface area contributed by atoms with Gasteiger partial charge in [-0.05, 0) is 39.9 Å². The van der Waals surface area contributed by atoms with Crippen molar-refractivity contribution in [1.29, 1.82) is 0 Å². The molecular formula is C25H21FN2O5. The monoisotopic (exact) mass is 448 g/mol. The Morgan fingerprint density at radius 2 is 1.61 bits per heavy atom. The molecule has 2 amide bonds. The average molecular weight is 448 g/mol. The second-order valence-electron chi connectivity index (χ2n) is 7.74. The van der Waals surface area contributed by atoms with Crippen molar-refractivity contribution in [3.05, 3.63) is 94.8 Å². The van der Waals surface area contributed by atoms with Crippen molar-refractivity contribution in [2.45, 2.75) is 18.4 Å². The lowest BCUT2D eigenvalue weighted by Crippen LogP contribution is -2.43. The predicted octanol–water partition coefficient (Wildman–Crippen LogP) is 3.46. The molecule has 3 aromatic carbocycles. The quantitative estimate of drug-likeness (QED) is 0.512. The third-order valence-electron chi connectivity index (χ3n) is 5.70. The van der Waals surface area contributed by atoms with Gasteiger partial charge in [0.1, 0.15) is 18.5 Å². The summed E-state index contributed by atoms with van der Waals surface area (Å²) >= 11 is 0. The molecule has 1 atom stereocenters. The number of carbonyl (C=O) groups is 3. The zero-order valence-corrected chi connectivity index (χ0v) is 17.5. The Morgan fingerprint density at radius 3 is 2.15 bits per heavy atom. The number of nitrogens with two attached hydrogens (primary N) is 1. The standard InChI is InChI=1S/C25H21FN2O5/c26-21-11-15(23(27)29)10-9-14(21)12-22(24(30)31)28-25(32)33-13-20-18-7-3-1-5-16(18)17-6-2-4-8-19(17)20/h1-11,20,22H,12-13H2,(H2,27,29)(H,28,32)(H,30,31)/t22-/m0/s1. The van der Waals surface area contributed by atoms with Crippen LogP contribution < -0.4 is 11.1 Å². The molecule has 0 saturated heterocycles. The SMILES string of the molecule is NC(=O)c1ccc(C[C@H](NC(=O)OCC2c3ccccc3-c3ccccc32)C(=O)O)c(F)c1. The molecule has 0 fully saturated rings. The molecule has 168 valence electrons. The molecule has 8 heteroatoms. The fourth-order valence-electron chi connectivity index (χ4n) is 4.07. The highest BCUT2D eigenvalue weighted by Gasteiger charge is 2.30. The van der Waals surface area contributed by atoms with E-state index in [2.05, 4.69) is 5.32 Å². The fraction of sp³-hybridized carbons (Fsp3) is 0.160. The number of hydrogen-bond acceptors (Lipinski definition) is 4. The first-order valence-corrected chi connectivity index (χ1v) is 10.3. The number of nitrogens with one attached hydrogen (secondary N) is 1. The third-order valence-corrected chi connectivity index (χ3v) is 5.70. The number of benzene rings is 3. The van der Waals surface area contributed by atoms with Crippen molar-refractivity contribution in [3.63, 3.8) is 0 Å². The highest BCUT2D eigenvalue weighted by molar-refractivity contribution is 5.92. The van der Waals surface area contributed by atoms with E-state index in [9.17, 15) is 23.9 Å². The highest BCUT2D eigenvalue weighted by atomic mass is 19.1. The Bertz CT molecular complexity index is 1200. The van der Waals surface area contributed by atoms with Gasteiger partial charge in [-0.2, -0.15) is 0 Å². The van der Waals surface area contributed by atoms with Crippen LogP contribution in [0.3, 0.4) is 0 Å². The predicted molar refractivity (Wildman–Crippen MR) is 118 cm³/mol. The van der Waals surface area contributed by atoms with Gasteiger partial charge in [0, 0.05) is 17.9 Å². The Balaban J connectivity index is 1.43. The van der Waals surface area contributed by atoms with Gasteiger partial charge in [-0.1, -0.05) is 54.6 Å². The maximum atomic E-state index is 14.3. The van der Waals surface area contributed by atoms with Crippen LogP contribution in [0, 0.1) is 5.82 Å². The number of halogens is 1. The first-order chi connectivity index (χ1) is 15.8. The van der Waals surface area contributed by atoms with Crippen molar-refractivity contribution in [1.82, 2.24) is 5.32 Å². The molecule has 4 rings (SSSR count). The molecule has 0 spiro atoms. The van der Waals surface area contributed by atoms with E-state index in [0.29, 0.717) is 0 Å². The lowest BCUT2D eigenvalue weighted by Gasteiger charge is -2.18. The number of carboxylic acids is 1. The van der Waals surface area contributed by atoms with Gasteiger partial charge < -0.3 is 20.9 Å². The maximum Gasteiger partial charge on any atom is 0.407 e. The Morgan fingerprint density at radius 1 is 1.00 bits per heavy atom. The first kappa shape index (κ1) is 22.0. The second kappa shape index (κ2) is 9.12. The van der Waals surface area contributed by atoms with Crippen LogP contribution in [0.15, 0.2) is 66.7 Å². The molecule has 0 unspecified atom stereocenters. The lowest BCUT2D eigenvalue weighted by atomic mass is 9.98. The van der Waals surface area contributed by atoms with E-state index in [4.69, 9.17) is 10.5 Å². The molecule has 33 heavy (non-hydrogen) atoms. The minimum atomic E-state index is -1.42. The summed E-state index contributed by atoms with van der Waals surface area (Å²) in [5.74, 6) is -3.11. The zero-order chi connectivity index (χ0) is 23.5. The molecule has 1 aliphatic carbocycles. The molecule has 4 N–H and O–H groups in total. The van der Waals surface area contributed by atoms with E-state index in [-0.39, 0.29) is 30.1 Å². The van der Waals surface area contributed by atoms with Crippen molar-refractivity contribution in [2.75, 3.05) is 6.61 Å². The number of carbonyl (C=O) groups excluding carboxylic acids is 2. The summed E-state index contributed by atoms with van der Waals surface area (Å²) in [5.41, 5.74) is 9.30. The summed E-state index contributed by atoms with van der Waals surface area (Å²) in [5, 5.41) is 11.8. The number of hydrogen-bond donors (Lipinski definition) is 3. The summed E-state index contributed by atoms with van der Waals surface area (Å²) in [6, 6.07) is 17.7. The molecule has 1 aliphatic rings. The number of aliphatic carboxylic acids is 1. The van der Waals surface area contributed by atoms with Crippen LogP contribution in [0.4, 0.5) is 9.18 Å². The number of rotatable bonds is 7. The van der Waals surface area contributed by atoms with Crippen LogP contribution in [0.2, 0.25) is 0 Å². The highest BCUT2D eigenvalue weighted by Crippen LogP contribution is 2.44. The van der Waals surface area contributed by atoms with E-state index in [0.717, 1.165) is 28.3 Å². The van der Waals surface area contributed by atoms with Gasteiger partial charge in [0.05, 0.1) is 0 Å². The normalized spacial score (nSPS) is 13.0. The van der Waals surface area contributed by atoms with Gasteiger partial charge in [0.25, 0.3) is 0 Å². The van der Waals surface area contributed by atoms with Gasteiger partial charge in [-0.25, -0.2) is 14.0 Å². The molecule has 0 radical (unpaired) electrons. The Kier molecular flexibility index (Phi) is 6.08. The number of ether oxygens (including phenoxy) is 1. The molecular weight excluding hydrogens is 427 g/mol. The zero-order valence-electron chi connectivity index (χ0n) is 17.5. The number of fused-ring (bicyclic) bond motifs is 3. The van der Waals surface area contributed by atoms with Crippen LogP contribution in [0.1, 0.15) is 33.0 Å². The number of carboxylic acid groups (broad SMARTS) is 1. The summed E-state index contributed by atoms with van der Waals surface area (Å²) in [4.78, 5) is 35.2. The van der Waals surface area contributed by atoms with Crippen LogP contribution >= 0.6 is 0 Å². The molecule has 0 saturated carbocycles. The van der Waals surface area contributed by atoms with Crippen molar-refractivity contribution in [3.8, 4) is 11.1 Å². The number of amides is 2. The van der Waals surface area contributed by atoms with Crippen LogP contribution in [-0.4, -0.2) is 35.7 Å². The van der Waals surface area contributed by atoms with Crippen molar-refractivity contribution >= 4 is 18.0 Å². The van der Waals surface area contributed by atoms with Gasteiger partial charge in [0.2, 0.25) is 5.91 Å². The fourth-order valence-corrected chi connectivity index (χ4v) is 4.07. The van der Waals surface area contributed by atoms with Gasteiger partial charge in [-0.3, -0.25) is 4.79 Å². The van der Waals surface area contributed by atoms with Gasteiger partial charge in [0.15, 0.2) is 0 Å². The minimum absolute atomic E-state index is 0.0198. The van der Waals surface area contributed by atoms with E-state index >= 15 is 0 Å². The topological polar surface area (TPSA) is 119 Å². The van der Waals surface area contributed by atoms with Crippen molar-refractivity contribution in [2.24, 2.45) is 5.73 Å². The average Bonchev–Trinajstić information content (AvgIpc) is 3.12. The Hall–Kier alpha value is -4.20. The largest absolute Gasteiger partial charge is 0.480 e. The molecule has 7 nitrogen and oxygen atoms in total. The van der Waals surface area contributed by atoms with E-state index in [1.807, 2.05) is 48.5 Å². The summed E-state index contributed by atoms with van der Waals surface area (Å²) in [6.45, 7) is 0.0217. The molecule has 3 aromatic rings.